The van der Waals surface area contributed by atoms with Gasteiger partial charge in [-0.3, -0.25) is 9.78 Å². The number of hydrogen-bond donors (Lipinski definition) is 0. The van der Waals surface area contributed by atoms with Crippen LogP contribution in [-0.4, -0.2) is 10.8 Å². The molecule has 0 N–H and O–H groups in total. The highest BCUT2D eigenvalue weighted by atomic mass is 32.1. The molecule has 0 bridgehead atoms. The number of thiazole rings is 1. The third-order valence-electron chi connectivity index (χ3n) is 1.62. The third kappa shape index (κ3) is 1.68. The molecule has 0 aliphatic carbocycles. The van der Waals surface area contributed by atoms with E-state index in [1.165, 1.54) is 22.7 Å². The summed E-state index contributed by atoms with van der Waals surface area (Å²) in [5.41, 5.74) is 1.67. The lowest BCUT2D eigenvalue weighted by Crippen LogP contribution is -1.93. The molecule has 2 aromatic heterocycles. The molecule has 0 unspecified atom stereocenters. The average Bonchev–Trinajstić information content (AvgIpc) is 2.72. The standard InChI is InChI=1S/C9H7NOS2/c1-6-2-3-7(13-6)9(11)8-4-10-5-12-8/h2-5H,1H3. The van der Waals surface area contributed by atoms with Crippen LogP contribution in [0.3, 0.4) is 0 Å². The lowest BCUT2D eigenvalue weighted by atomic mass is 10.3. The van der Waals surface area contributed by atoms with E-state index in [1.807, 2.05) is 19.1 Å². The number of nitrogens with zero attached hydrogens (tertiary/aromatic N) is 1. The van der Waals surface area contributed by atoms with E-state index in [-0.39, 0.29) is 5.78 Å². The normalized spacial score (nSPS) is 10.2. The molecule has 0 radical (unpaired) electrons. The lowest BCUT2D eigenvalue weighted by molar-refractivity contribution is 0.104. The number of ketones is 1. The van der Waals surface area contributed by atoms with Crippen LogP contribution in [-0.2, 0) is 0 Å². The van der Waals surface area contributed by atoms with E-state index in [1.54, 1.807) is 11.7 Å². The molecule has 0 spiro atoms. The minimum atomic E-state index is 0.0839. The molecule has 0 aliphatic heterocycles. The number of rotatable bonds is 2. The Morgan fingerprint density at radius 3 is 2.77 bits per heavy atom. The Kier molecular flexibility index (Phi) is 2.24. The van der Waals surface area contributed by atoms with Gasteiger partial charge >= 0.3 is 0 Å². The fourth-order valence-corrected chi connectivity index (χ4v) is 2.47. The maximum absolute atomic E-state index is 11.7. The van der Waals surface area contributed by atoms with E-state index < -0.39 is 0 Å². The van der Waals surface area contributed by atoms with Crippen molar-refractivity contribution < 1.29 is 4.79 Å². The molecule has 0 aliphatic rings. The molecule has 0 saturated carbocycles. The fourth-order valence-electron chi connectivity index (χ4n) is 1.01. The Labute approximate surface area is 83.9 Å². The highest BCUT2D eigenvalue weighted by molar-refractivity contribution is 7.16. The van der Waals surface area contributed by atoms with Gasteiger partial charge in [0.05, 0.1) is 15.3 Å². The first kappa shape index (κ1) is 8.59. The first-order chi connectivity index (χ1) is 6.27. The summed E-state index contributed by atoms with van der Waals surface area (Å²) in [5, 5.41) is 0. The maximum Gasteiger partial charge on any atom is 0.214 e. The van der Waals surface area contributed by atoms with Gasteiger partial charge in [0, 0.05) is 11.1 Å². The molecule has 2 rings (SSSR count). The predicted octanol–water partition coefficient (Wildman–Crippen LogP) is 2.74. The summed E-state index contributed by atoms with van der Waals surface area (Å²) in [4.78, 5) is 18.2. The summed E-state index contributed by atoms with van der Waals surface area (Å²) in [6.07, 6.45) is 1.61. The van der Waals surface area contributed by atoms with Crippen LogP contribution < -0.4 is 0 Å². The molecule has 13 heavy (non-hydrogen) atoms. The second-order valence-electron chi connectivity index (χ2n) is 2.61. The zero-order chi connectivity index (χ0) is 9.26. The van der Waals surface area contributed by atoms with Crippen molar-refractivity contribution in [3.8, 4) is 0 Å². The number of carbonyl (C=O) groups excluding carboxylic acids is 1. The molecule has 66 valence electrons. The van der Waals surface area contributed by atoms with Crippen molar-refractivity contribution in [2.45, 2.75) is 6.92 Å². The zero-order valence-corrected chi connectivity index (χ0v) is 8.61. The van der Waals surface area contributed by atoms with E-state index in [0.29, 0.717) is 4.88 Å². The summed E-state index contributed by atoms with van der Waals surface area (Å²) >= 11 is 2.90. The van der Waals surface area contributed by atoms with Crippen LogP contribution in [0.15, 0.2) is 23.8 Å². The summed E-state index contributed by atoms with van der Waals surface area (Å²) < 4.78 is 0. The molecule has 2 nitrogen and oxygen atoms in total. The third-order valence-corrected chi connectivity index (χ3v) is 3.39. The monoisotopic (exact) mass is 209 g/mol. The smallest absolute Gasteiger partial charge is 0.214 e. The van der Waals surface area contributed by atoms with Crippen molar-refractivity contribution in [1.29, 1.82) is 0 Å². The largest absolute Gasteiger partial charge is 0.287 e. The van der Waals surface area contributed by atoms with E-state index in [2.05, 4.69) is 4.98 Å². The van der Waals surface area contributed by atoms with Crippen molar-refractivity contribution >= 4 is 28.5 Å². The van der Waals surface area contributed by atoms with Gasteiger partial charge in [0.1, 0.15) is 0 Å². The highest BCUT2D eigenvalue weighted by Gasteiger charge is 2.11. The number of aromatic nitrogens is 1. The molecule has 2 aromatic rings. The first-order valence-electron chi connectivity index (χ1n) is 3.77. The average molecular weight is 209 g/mol. The number of thiophene rings is 1. The molecule has 0 atom stereocenters. The van der Waals surface area contributed by atoms with Gasteiger partial charge in [0.2, 0.25) is 5.78 Å². The van der Waals surface area contributed by atoms with Crippen molar-refractivity contribution in [3.63, 3.8) is 0 Å². The van der Waals surface area contributed by atoms with Crippen molar-refractivity contribution in [2.75, 3.05) is 0 Å². The minimum Gasteiger partial charge on any atom is -0.287 e. The molecule has 0 saturated heterocycles. The molecular formula is C9H7NOS2. The van der Waals surface area contributed by atoms with Crippen LogP contribution >= 0.6 is 22.7 Å². The summed E-state index contributed by atoms with van der Waals surface area (Å²) in [6.45, 7) is 1.99. The van der Waals surface area contributed by atoms with Crippen LogP contribution in [0.4, 0.5) is 0 Å². The SMILES string of the molecule is Cc1ccc(C(=O)c2cncs2)s1. The lowest BCUT2D eigenvalue weighted by Gasteiger charge is -1.89. The van der Waals surface area contributed by atoms with Gasteiger partial charge in [-0.05, 0) is 19.1 Å². The summed E-state index contributed by atoms with van der Waals surface area (Å²) in [6, 6.07) is 3.82. The van der Waals surface area contributed by atoms with Crippen LogP contribution in [0.2, 0.25) is 0 Å². The van der Waals surface area contributed by atoms with Gasteiger partial charge in [-0.2, -0.15) is 0 Å². The van der Waals surface area contributed by atoms with Gasteiger partial charge in [0.25, 0.3) is 0 Å². The zero-order valence-electron chi connectivity index (χ0n) is 6.98. The van der Waals surface area contributed by atoms with Crippen LogP contribution in [0.1, 0.15) is 19.4 Å². The molecular weight excluding hydrogens is 202 g/mol. The minimum absolute atomic E-state index is 0.0839. The molecule has 0 amide bonds. The predicted molar refractivity (Wildman–Crippen MR) is 54.6 cm³/mol. The van der Waals surface area contributed by atoms with Crippen molar-refractivity contribution in [1.82, 2.24) is 4.98 Å². The molecule has 0 aromatic carbocycles. The molecule has 0 fully saturated rings. The summed E-state index contributed by atoms with van der Waals surface area (Å²) in [7, 11) is 0. The summed E-state index contributed by atoms with van der Waals surface area (Å²) in [5.74, 6) is 0.0839. The van der Waals surface area contributed by atoms with Crippen LogP contribution in [0.5, 0.6) is 0 Å². The topological polar surface area (TPSA) is 30.0 Å². The van der Waals surface area contributed by atoms with Gasteiger partial charge in [0.15, 0.2) is 0 Å². The number of carbonyl (C=O) groups is 1. The number of hydrogen-bond acceptors (Lipinski definition) is 4. The molecule has 2 heterocycles. The fraction of sp³-hybridized carbons (Fsp3) is 0.111. The maximum atomic E-state index is 11.7. The quantitative estimate of drug-likeness (QED) is 0.712. The molecule has 4 heteroatoms. The van der Waals surface area contributed by atoms with Crippen molar-refractivity contribution in [3.05, 3.63) is 38.5 Å². The van der Waals surface area contributed by atoms with Crippen molar-refractivity contribution in [2.24, 2.45) is 0 Å². The Bertz CT molecular complexity index is 417. The van der Waals surface area contributed by atoms with Gasteiger partial charge in [-0.15, -0.1) is 22.7 Å². The van der Waals surface area contributed by atoms with E-state index in [9.17, 15) is 4.79 Å². The van der Waals surface area contributed by atoms with Gasteiger partial charge in [-0.25, -0.2) is 0 Å². The second kappa shape index (κ2) is 3.40. The first-order valence-corrected chi connectivity index (χ1v) is 5.46. The van der Waals surface area contributed by atoms with E-state index >= 15 is 0 Å². The van der Waals surface area contributed by atoms with E-state index in [4.69, 9.17) is 0 Å². The van der Waals surface area contributed by atoms with Crippen LogP contribution in [0.25, 0.3) is 0 Å². The van der Waals surface area contributed by atoms with E-state index in [0.717, 1.165) is 9.75 Å². The Morgan fingerprint density at radius 2 is 2.23 bits per heavy atom. The number of aryl methyl sites for hydroxylation is 1. The second-order valence-corrected chi connectivity index (χ2v) is 4.78. The highest BCUT2D eigenvalue weighted by Crippen LogP contribution is 2.20. The Morgan fingerprint density at radius 1 is 1.38 bits per heavy atom. The van der Waals surface area contributed by atoms with Gasteiger partial charge in [-0.1, -0.05) is 0 Å². The van der Waals surface area contributed by atoms with Crippen LogP contribution in [0, 0.1) is 6.92 Å². The Balaban J connectivity index is 2.33. The van der Waals surface area contributed by atoms with Gasteiger partial charge < -0.3 is 0 Å². The Hall–Kier alpha value is -1.00.